The number of anilines is 2. The number of nitrogen functional groups attached to an aromatic ring is 2. The van der Waals surface area contributed by atoms with Crippen LogP contribution < -0.4 is 39.5 Å². The van der Waals surface area contributed by atoms with Gasteiger partial charge in [0.25, 0.3) is 5.56 Å². The molecule has 0 saturated heterocycles. The maximum Gasteiger partial charge on any atom is 0.352 e. The van der Waals surface area contributed by atoms with E-state index in [4.69, 9.17) is 22.9 Å². The van der Waals surface area contributed by atoms with Crippen LogP contribution in [0.2, 0.25) is 0 Å². The van der Waals surface area contributed by atoms with Crippen LogP contribution in [-0.2, 0) is 32.3 Å². The molecule has 20 heteroatoms. The molecule has 3 rings (SSSR count). The van der Waals surface area contributed by atoms with E-state index >= 15 is 0 Å². The molecule has 0 atom stereocenters. The van der Waals surface area contributed by atoms with Crippen molar-refractivity contribution in [3.63, 3.8) is 0 Å². The van der Waals surface area contributed by atoms with Crippen molar-refractivity contribution in [2.45, 2.75) is 13.1 Å². The fourth-order valence-electron chi connectivity index (χ4n) is 3.54. The fraction of sp³-hybridized carbons (Fsp3) is 0.400. The van der Waals surface area contributed by atoms with Crippen LogP contribution in [0.25, 0.3) is 11.2 Å². The topological polar surface area (TPSA) is 302 Å². The number of hydrogen-bond acceptors (Lipinski definition) is 13. The van der Waals surface area contributed by atoms with Crippen molar-refractivity contribution in [1.82, 2.24) is 49.2 Å². The number of nitrogens with one attached hydrogen (secondary N) is 2. The van der Waals surface area contributed by atoms with Gasteiger partial charge in [0.05, 0.1) is 19.4 Å². The van der Waals surface area contributed by atoms with Crippen molar-refractivity contribution in [3.05, 3.63) is 33.5 Å². The van der Waals surface area contributed by atoms with Crippen molar-refractivity contribution in [2.24, 2.45) is 11.5 Å². The number of carbonyl (C=O) groups excluding carboxylic acids is 4. The Morgan fingerprint density at radius 1 is 0.925 bits per heavy atom. The lowest BCUT2D eigenvalue weighted by molar-refractivity contribution is -0.137. The Morgan fingerprint density at radius 3 is 2.23 bits per heavy atom. The van der Waals surface area contributed by atoms with Crippen LogP contribution in [-0.4, -0.2) is 107 Å². The lowest BCUT2D eigenvalue weighted by Gasteiger charge is -2.23. The van der Waals surface area contributed by atoms with Crippen LogP contribution in [0, 0.1) is 0 Å². The third kappa shape index (κ3) is 7.56. The summed E-state index contributed by atoms with van der Waals surface area (Å²) < 4.78 is 2.21. The number of primary amides is 1. The summed E-state index contributed by atoms with van der Waals surface area (Å²) in [7, 11) is 0. The van der Waals surface area contributed by atoms with Gasteiger partial charge in [-0.05, 0) is 0 Å². The van der Waals surface area contributed by atoms with Gasteiger partial charge in [-0.25, -0.2) is 14.8 Å². The summed E-state index contributed by atoms with van der Waals surface area (Å²) >= 11 is 0. The number of nitrogens with two attached hydrogens (primary N) is 4. The molecular formula is C20H28N14O6. The molecular weight excluding hydrogens is 532 g/mol. The Balaban J connectivity index is 1.59. The average Bonchev–Trinajstić information content (AvgIpc) is 3.27. The molecule has 0 aliphatic rings. The van der Waals surface area contributed by atoms with Gasteiger partial charge in [-0.1, -0.05) is 0 Å². The van der Waals surface area contributed by atoms with Gasteiger partial charge in [0.1, 0.15) is 19.4 Å². The first-order chi connectivity index (χ1) is 19.0. The third-order valence-corrected chi connectivity index (χ3v) is 5.38. The molecule has 0 spiro atoms. The summed E-state index contributed by atoms with van der Waals surface area (Å²) in [6.45, 7) is -1.78. The molecule has 3 aromatic heterocycles. The lowest BCUT2D eigenvalue weighted by Crippen LogP contribution is -2.47. The van der Waals surface area contributed by atoms with E-state index in [0.29, 0.717) is 0 Å². The van der Waals surface area contributed by atoms with E-state index in [1.807, 2.05) is 0 Å². The summed E-state index contributed by atoms with van der Waals surface area (Å²) in [6.07, 6.45) is 2.28. The monoisotopic (exact) mass is 560 g/mol. The van der Waals surface area contributed by atoms with E-state index in [1.165, 1.54) is 10.9 Å². The second kappa shape index (κ2) is 12.9. The Morgan fingerprint density at radius 2 is 1.57 bits per heavy atom. The summed E-state index contributed by atoms with van der Waals surface area (Å²) in [4.78, 5) is 93.0. The third-order valence-electron chi connectivity index (χ3n) is 5.38. The van der Waals surface area contributed by atoms with Gasteiger partial charge in [0, 0.05) is 26.2 Å². The van der Waals surface area contributed by atoms with Gasteiger partial charge in [-0.3, -0.25) is 33.5 Å². The number of hydrogen-bond donors (Lipinski definition) is 6. The second-order valence-corrected chi connectivity index (χ2v) is 8.36. The molecule has 0 unspecified atom stereocenters. The van der Waals surface area contributed by atoms with Gasteiger partial charge in [0.15, 0.2) is 11.2 Å². The van der Waals surface area contributed by atoms with Gasteiger partial charge in [-0.2, -0.15) is 9.97 Å². The molecule has 0 aromatic carbocycles. The van der Waals surface area contributed by atoms with Crippen LogP contribution in [0.3, 0.4) is 0 Å². The van der Waals surface area contributed by atoms with E-state index in [0.717, 1.165) is 20.7 Å². The van der Waals surface area contributed by atoms with E-state index in [2.05, 4.69) is 30.2 Å². The van der Waals surface area contributed by atoms with Crippen LogP contribution in [0.1, 0.15) is 0 Å². The van der Waals surface area contributed by atoms with Crippen molar-refractivity contribution < 1.29 is 19.2 Å². The fourth-order valence-corrected chi connectivity index (χ4v) is 3.54. The maximum absolute atomic E-state index is 12.9. The van der Waals surface area contributed by atoms with Crippen molar-refractivity contribution in [3.8, 4) is 0 Å². The molecule has 10 N–H and O–H groups in total. The quantitative estimate of drug-likeness (QED) is 0.114. The van der Waals surface area contributed by atoms with Crippen LogP contribution >= 0.6 is 0 Å². The molecule has 3 heterocycles. The van der Waals surface area contributed by atoms with E-state index in [1.54, 1.807) is 0 Å². The summed E-state index contributed by atoms with van der Waals surface area (Å²) in [5.74, 6) is -2.97. The zero-order chi connectivity index (χ0) is 29.4. The SMILES string of the molecule is NCCN(CC(=O)NCCN(CC(N)=O)C(=O)Cn1cnc2c(=O)[nH]c(N)nc21)C(=O)Cn1cnc(N)nc1=O. The highest BCUT2D eigenvalue weighted by Gasteiger charge is 2.21. The second-order valence-electron chi connectivity index (χ2n) is 8.36. The minimum Gasteiger partial charge on any atom is -0.369 e. The predicted octanol–water partition coefficient (Wildman–Crippen LogP) is -5.85. The minimum atomic E-state index is -0.796. The number of H-pyrrole nitrogens is 1. The lowest BCUT2D eigenvalue weighted by atomic mass is 10.3. The summed E-state index contributed by atoms with van der Waals surface area (Å²) in [5, 5.41) is 2.55. The molecule has 0 aliphatic heterocycles. The van der Waals surface area contributed by atoms with Crippen molar-refractivity contribution in [1.29, 1.82) is 0 Å². The number of imidazole rings is 1. The molecule has 0 fully saturated rings. The number of carbonyl (C=O) groups is 4. The number of aromatic amines is 1. The zero-order valence-corrected chi connectivity index (χ0v) is 21.1. The smallest absolute Gasteiger partial charge is 0.352 e. The maximum atomic E-state index is 12.9. The van der Waals surface area contributed by atoms with Crippen molar-refractivity contribution in [2.75, 3.05) is 50.7 Å². The first-order valence-corrected chi connectivity index (χ1v) is 11.7. The molecule has 0 bridgehead atoms. The number of aromatic nitrogens is 7. The molecule has 0 radical (unpaired) electrons. The number of rotatable bonds is 13. The minimum absolute atomic E-state index is 0.0172. The average molecular weight is 561 g/mol. The van der Waals surface area contributed by atoms with Crippen LogP contribution in [0.4, 0.5) is 11.9 Å². The van der Waals surface area contributed by atoms with E-state index in [-0.39, 0.29) is 55.8 Å². The highest BCUT2D eigenvalue weighted by Crippen LogP contribution is 2.07. The summed E-state index contributed by atoms with van der Waals surface area (Å²) in [6, 6.07) is 0. The van der Waals surface area contributed by atoms with Gasteiger partial charge in [-0.15, -0.1) is 0 Å². The Bertz CT molecular complexity index is 1530. The molecule has 214 valence electrons. The molecule has 20 nitrogen and oxygen atoms in total. The summed E-state index contributed by atoms with van der Waals surface area (Å²) in [5.41, 5.74) is 20.4. The first kappa shape index (κ1) is 29.2. The molecule has 0 aliphatic carbocycles. The Hall–Kier alpha value is -5.40. The van der Waals surface area contributed by atoms with Gasteiger partial charge >= 0.3 is 5.69 Å². The highest BCUT2D eigenvalue weighted by molar-refractivity contribution is 5.86. The first-order valence-electron chi connectivity index (χ1n) is 11.7. The number of amides is 4. The standard InChI is InChI=1S/C20H28N14O6/c21-1-3-31(14(38)8-34-10-27-18(23)30-20(34)40)6-12(36)25-2-4-32(5-11(22)35)13(37)7-33-9-26-15-16(33)28-19(24)29-17(15)39/h9-10H,1-8,21H2,(H2,22,35)(H,25,36)(H2,23,30,40)(H3,24,28,29,39). The highest BCUT2D eigenvalue weighted by atomic mass is 16.2. The Labute approximate surface area is 224 Å². The largest absolute Gasteiger partial charge is 0.369 e. The van der Waals surface area contributed by atoms with E-state index in [9.17, 15) is 28.8 Å². The van der Waals surface area contributed by atoms with Gasteiger partial charge < -0.3 is 42.6 Å². The molecule has 40 heavy (non-hydrogen) atoms. The molecule has 4 amide bonds. The van der Waals surface area contributed by atoms with Crippen molar-refractivity contribution >= 4 is 46.7 Å². The predicted molar refractivity (Wildman–Crippen MR) is 138 cm³/mol. The van der Waals surface area contributed by atoms with Crippen LogP contribution in [0.15, 0.2) is 22.2 Å². The molecule has 3 aromatic rings. The Kier molecular flexibility index (Phi) is 9.41. The molecule has 0 saturated carbocycles. The number of fused-ring (bicyclic) bond motifs is 1. The van der Waals surface area contributed by atoms with E-state index < -0.39 is 54.5 Å². The number of nitrogens with zero attached hydrogens (tertiary/aromatic N) is 8. The van der Waals surface area contributed by atoms with Gasteiger partial charge in [0.2, 0.25) is 35.5 Å². The zero-order valence-electron chi connectivity index (χ0n) is 21.1. The normalized spacial score (nSPS) is 10.8. The van der Waals surface area contributed by atoms with Crippen LogP contribution in [0.5, 0.6) is 0 Å².